The van der Waals surface area contributed by atoms with Crippen LogP contribution in [0.4, 0.5) is 13.2 Å². The van der Waals surface area contributed by atoms with E-state index in [1.54, 1.807) is 24.3 Å². The molecule has 0 heterocycles. The third kappa shape index (κ3) is 4.43. The molecule has 0 aliphatic carbocycles. The first-order valence-electron chi connectivity index (χ1n) is 4.86. The highest BCUT2D eigenvalue weighted by Crippen LogP contribution is 2.36. The molecule has 0 saturated heterocycles. The zero-order valence-corrected chi connectivity index (χ0v) is 12.5. The average molecular weight is 390 g/mol. The Hall–Kier alpha value is -0.280. The molecule has 0 fully saturated rings. The molecule has 18 heavy (non-hydrogen) atoms. The van der Waals surface area contributed by atoms with Gasteiger partial charge in [0.15, 0.2) is 5.78 Å². The van der Waals surface area contributed by atoms with Crippen LogP contribution in [-0.4, -0.2) is 16.9 Å². The third-order valence-electron chi connectivity index (χ3n) is 2.01. The van der Waals surface area contributed by atoms with Crippen LogP contribution < -0.4 is 0 Å². The molecule has 1 aromatic rings. The van der Waals surface area contributed by atoms with Crippen LogP contribution in [0.2, 0.25) is 0 Å². The van der Waals surface area contributed by atoms with Crippen LogP contribution in [0.15, 0.2) is 24.3 Å². The van der Waals surface area contributed by atoms with E-state index in [2.05, 4.69) is 4.18 Å². The number of hydrogen-bond donors (Lipinski definition) is 0. The number of carbonyl (C=O) groups excluding carboxylic acids is 1. The van der Waals surface area contributed by atoms with Crippen molar-refractivity contribution >= 4 is 40.4 Å². The molecule has 0 spiro atoms. The van der Waals surface area contributed by atoms with Crippen LogP contribution in [0.1, 0.15) is 24.2 Å². The van der Waals surface area contributed by atoms with Crippen LogP contribution in [0.3, 0.4) is 0 Å². The molecule has 0 N–H and O–H groups in total. The SMILES string of the molecule is CC(C)(OSC(F)(F)F)C(=O)c1ccccc1I. The van der Waals surface area contributed by atoms with Gasteiger partial charge in [-0.3, -0.25) is 8.98 Å². The Labute approximate surface area is 121 Å². The van der Waals surface area contributed by atoms with Crippen molar-refractivity contribution < 1.29 is 22.1 Å². The second-order valence-corrected chi connectivity index (χ2v) is 5.89. The van der Waals surface area contributed by atoms with Crippen LogP contribution >= 0.6 is 34.6 Å². The first-order chi connectivity index (χ1) is 8.13. The number of hydrogen-bond acceptors (Lipinski definition) is 3. The van der Waals surface area contributed by atoms with E-state index >= 15 is 0 Å². The summed E-state index contributed by atoms with van der Waals surface area (Å²) >= 11 is 1.30. The lowest BCUT2D eigenvalue weighted by Crippen LogP contribution is -2.34. The minimum absolute atomic E-state index is 0.353. The first-order valence-corrected chi connectivity index (χ1v) is 6.68. The lowest BCUT2D eigenvalue weighted by Gasteiger charge is -2.23. The zero-order chi connectivity index (χ0) is 14.0. The molecule has 0 bridgehead atoms. The number of alkyl halides is 3. The van der Waals surface area contributed by atoms with Crippen molar-refractivity contribution in [3.8, 4) is 0 Å². The van der Waals surface area contributed by atoms with Crippen molar-refractivity contribution in [2.45, 2.75) is 25.0 Å². The molecule has 0 aromatic heterocycles. The molecule has 1 rings (SSSR count). The van der Waals surface area contributed by atoms with Crippen molar-refractivity contribution in [1.82, 2.24) is 0 Å². The molecule has 7 heteroatoms. The smallest absolute Gasteiger partial charge is 0.293 e. The molecule has 0 amide bonds. The quantitative estimate of drug-likeness (QED) is 0.432. The number of benzene rings is 1. The van der Waals surface area contributed by atoms with E-state index in [1.165, 1.54) is 13.8 Å². The zero-order valence-electron chi connectivity index (χ0n) is 9.55. The maximum absolute atomic E-state index is 12.1. The standard InChI is InChI=1S/C11H10F3IO2S/c1-10(2,17-18-11(12,13)14)9(16)7-5-3-4-6-8(7)15/h3-6H,1-2H3. The summed E-state index contributed by atoms with van der Waals surface area (Å²) in [6.45, 7) is 2.63. The van der Waals surface area contributed by atoms with E-state index in [4.69, 9.17) is 0 Å². The van der Waals surface area contributed by atoms with Crippen LogP contribution in [0.25, 0.3) is 0 Å². The summed E-state index contributed by atoms with van der Waals surface area (Å²) in [5.74, 6) is -0.482. The van der Waals surface area contributed by atoms with Gasteiger partial charge in [0, 0.05) is 9.13 Å². The van der Waals surface area contributed by atoms with E-state index in [9.17, 15) is 18.0 Å². The van der Waals surface area contributed by atoms with Gasteiger partial charge in [0.25, 0.3) is 0 Å². The fourth-order valence-corrected chi connectivity index (χ4v) is 2.17. The van der Waals surface area contributed by atoms with Gasteiger partial charge in [-0.25, -0.2) is 0 Å². The summed E-state index contributed by atoms with van der Waals surface area (Å²) in [5.41, 5.74) is -5.71. The fraction of sp³-hybridized carbons (Fsp3) is 0.364. The lowest BCUT2D eigenvalue weighted by atomic mass is 9.97. The van der Waals surface area contributed by atoms with E-state index in [0.29, 0.717) is 9.13 Å². The molecule has 0 aliphatic rings. The Kier molecular flexibility index (Phi) is 5.07. The van der Waals surface area contributed by atoms with Crippen LogP contribution in [0, 0.1) is 3.57 Å². The van der Waals surface area contributed by atoms with Gasteiger partial charge >= 0.3 is 5.51 Å². The maximum Gasteiger partial charge on any atom is 0.468 e. The van der Waals surface area contributed by atoms with Crippen molar-refractivity contribution in [2.75, 3.05) is 0 Å². The molecule has 1 aromatic carbocycles. The molecule has 0 aliphatic heterocycles. The summed E-state index contributed by atoms with van der Waals surface area (Å²) in [6, 6.07) is 6.67. The van der Waals surface area contributed by atoms with E-state index in [-0.39, 0.29) is 0 Å². The van der Waals surface area contributed by atoms with Crippen molar-refractivity contribution in [1.29, 1.82) is 0 Å². The number of halogens is 4. The first kappa shape index (κ1) is 15.8. The van der Waals surface area contributed by atoms with E-state index in [1.807, 2.05) is 22.6 Å². The predicted octanol–water partition coefficient (Wildman–Crippen LogP) is 4.44. The summed E-state index contributed by atoms with van der Waals surface area (Å²) in [4.78, 5) is 12.1. The second kappa shape index (κ2) is 5.79. The Bertz CT molecular complexity index is 446. The minimum atomic E-state index is -4.53. The fourth-order valence-electron chi connectivity index (χ4n) is 1.16. The summed E-state index contributed by atoms with van der Waals surface area (Å²) in [5, 5.41) is 0. The summed E-state index contributed by atoms with van der Waals surface area (Å²) in [6.07, 6.45) is 0. The molecular formula is C11H10F3IO2S. The number of rotatable bonds is 4. The molecule has 100 valence electrons. The van der Waals surface area contributed by atoms with E-state index in [0.717, 1.165) is 0 Å². The molecule has 2 nitrogen and oxygen atoms in total. The number of ketones is 1. The van der Waals surface area contributed by atoms with Gasteiger partial charge in [-0.1, -0.05) is 18.2 Å². The van der Waals surface area contributed by atoms with Crippen molar-refractivity contribution in [2.24, 2.45) is 0 Å². The highest BCUT2D eigenvalue weighted by Gasteiger charge is 2.38. The highest BCUT2D eigenvalue weighted by molar-refractivity contribution is 14.1. The topological polar surface area (TPSA) is 26.3 Å². The van der Waals surface area contributed by atoms with Gasteiger partial charge in [0.2, 0.25) is 0 Å². The van der Waals surface area contributed by atoms with Gasteiger partial charge in [0.1, 0.15) is 17.6 Å². The average Bonchev–Trinajstić information content (AvgIpc) is 2.25. The Morgan fingerprint density at radius 3 is 2.33 bits per heavy atom. The largest absolute Gasteiger partial charge is 0.468 e. The normalized spacial score (nSPS) is 12.6. The van der Waals surface area contributed by atoms with Gasteiger partial charge < -0.3 is 0 Å². The van der Waals surface area contributed by atoms with Gasteiger partial charge in [-0.05, 0) is 42.5 Å². The van der Waals surface area contributed by atoms with Crippen LogP contribution in [-0.2, 0) is 4.18 Å². The summed E-state index contributed by atoms with van der Waals surface area (Å²) in [7, 11) is 0. The molecule has 0 atom stereocenters. The molecular weight excluding hydrogens is 380 g/mol. The molecule has 0 saturated carbocycles. The predicted molar refractivity (Wildman–Crippen MR) is 72.3 cm³/mol. The highest BCUT2D eigenvalue weighted by atomic mass is 127. The van der Waals surface area contributed by atoms with Gasteiger partial charge in [-0.15, -0.1) is 0 Å². The number of carbonyl (C=O) groups is 1. The molecule has 0 unspecified atom stereocenters. The Balaban J connectivity index is 2.86. The number of Topliss-reactive ketones (excluding diaryl/α,β-unsaturated/α-hetero) is 1. The monoisotopic (exact) mass is 390 g/mol. The van der Waals surface area contributed by atoms with Gasteiger partial charge in [0.05, 0.1) is 0 Å². The van der Waals surface area contributed by atoms with Gasteiger partial charge in [-0.2, -0.15) is 13.2 Å². The molecule has 0 radical (unpaired) electrons. The minimum Gasteiger partial charge on any atom is -0.293 e. The maximum atomic E-state index is 12.1. The third-order valence-corrected chi connectivity index (χ3v) is 3.64. The lowest BCUT2D eigenvalue weighted by molar-refractivity contribution is -0.0438. The Morgan fingerprint density at radius 2 is 1.83 bits per heavy atom. The second-order valence-electron chi connectivity index (χ2n) is 3.93. The van der Waals surface area contributed by atoms with Crippen molar-refractivity contribution in [3.05, 3.63) is 33.4 Å². The van der Waals surface area contributed by atoms with E-state index < -0.39 is 28.9 Å². The summed E-state index contributed by atoms with van der Waals surface area (Å²) < 4.78 is 41.4. The van der Waals surface area contributed by atoms with Crippen LogP contribution in [0.5, 0.6) is 0 Å². The van der Waals surface area contributed by atoms with Crippen molar-refractivity contribution in [3.63, 3.8) is 0 Å². The Morgan fingerprint density at radius 1 is 1.28 bits per heavy atom.